The zero-order chi connectivity index (χ0) is 12.5. The highest BCUT2D eigenvalue weighted by molar-refractivity contribution is 6.81. The minimum Gasteiger partial charge on any atom is -0.352 e. The van der Waals surface area contributed by atoms with E-state index in [1.807, 2.05) is 30.3 Å². The van der Waals surface area contributed by atoms with Crippen LogP contribution in [-0.2, 0) is 4.79 Å². The van der Waals surface area contributed by atoms with Gasteiger partial charge in [-0.05, 0) is 5.56 Å². The molecule has 0 saturated heterocycles. The maximum Gasteiger partial charge on any atom is 0.203 e. The second-order valence-electron chi connectivity index (χ2n) is 5.34. The molecule has 1 aliphatic rings. The number of hydrogen-bond acceptors (Lipinski definition) is 2. The van der Waals surface area contributed by atoms with Crippen molar-refractivity contribution in [2.75, 3.05) is 0 Å². The zero-order valence-electron chi connectivity index (χ0n) is 10.4. The molecule has 0 aliphatic carbocycles. The van der Waals surface area contributed by atoms with Gasteiger partial charge in [-0.15, -0.1) is 0 Å². The van der Waals surface area contributed by atoms with Crippen LogP contribution in [0, 0.1) is 0 Å². The first-order chi connectivity index (χ1) is 7.96. The smallest absolute Gasteiger partial charge is 0.203 e. The van der Waals surface area contributed by atoms with Crippen LogP contribution < -0.4 is 5.32 Å². The first-order valence-electron chi connectivity index (χ1n) is 5.77. The fraction of sp³-hybridized carbons (Fsp3) is 0.214. The predicted molar refractivity (Wildman–Crippen MR) is 74.0 cm³/mol. The fourth-order valence-electron chi connectivity index (χ4n) is 1.77. The summed E-state index contributed by atoms with van der Waals surface area (Å²) in [5.74, 6) is 0.0891. The van der Waals surface area contributed by atoms with Crippen LogP contribution in [0.15, 0.2) is 47.8 Å². The molecular formula is C14H17NOSi. The quantitative estimate of drug-likeness (QED) is 0.639. The second-order valence-corrected chi connectivity index (χ2v) is 10.4. The van der Waals surface area contributed by atoms with Gasteiger partial charge in [-0.3, -0.25) is 4.79 Å². The Kier molecular flexibility index (Phi) is 3.02. The van der Waals surface area contributed by atoms with Crippen molar-refractivity contribution < 1.29 is 4.79 Å². The number of hydrogen-bond donors (Lipinski definition) is 1. The summed E-state index contributed by atoms with van der Waals surface area (Å²) in [4.78, 5) is 11.9. The van der Waals surface area contributed by atoms with Gasteiger partial charge in [0.1, 0.15) is 0 Å². The van der Waals surface area contributed by atoms with E-state index < -0.39 is 8.07 Å². The molecule has 0 atom stereocenters. The van der Waals surface area contributed by atoms with Crippen molar-refractivity contribution in [3.63, 3.8) is 0 Å². The lowest BCUT2D eigenvalue weighted by Gasteiger charge is -2.12. The molecule has 17 heavy (non-hydrogen) atoms. The van der Waals surface area contributed by atoms with Crippen LogP contribution in [0.25, 0.3) is 5.70 Å². The summed E-state index contributed by atoms with van der Waals surface area (Å²) in [5, 5.41) is 3.22. The minimum atomic E-state index is -1.37. The molecule has 1 aromatic carbocycles. The van der Waals surface area contributed by atoms with Crippen molar-refractivity contribution in [1.82, 2.24) is 5.32 Å². The van der Waals surface area contributed by atoms with E-state index in [1.165, 1.54) is 0 Å². The third-order valence-electron chi connectivity index (χ3n) is 2.47. The van der Waals surface area contributed by atoms with Crippen LogP contribution in [-0.4, -0.2) is 13.9 Å². The van der Waals surface area contributed by atoms with E-state index in [0.717, 1.165) is 17.0 Å². The van der Waals surface area contributed by atoms with E-state index >= 15 is 0 Å². The van der Waals surface area contributed by atoms with E-state index in [1.54, 1.807) is 6.08 Å². The van der Waals surface area contributed by atoms with Crippen molar-refractivity contribution in [3.8, 4) is 0 Å². The standard InChI is InChI=1S/C14H17NOSi/c1-17(2,3)10-13-14(16)9-12(15-13)11-7-5-4-6-8-11/h4-10,15H,1-3H3. The molecule has 1 heterocycles. The average Bonchev–Trinajstić information content (AvgIpc) is 2.59. The molecule has 0 radical (unpaired) electrons. The number of carbonyl (C=O) groups excluding carboxylic acids is 1. The fourth-order valence-corrected chi connectivity index (χ4v) is 2.85. The summed E-state index contributed by atoms with van der Waals surface area (Å²) >= 11 is 0. The van der Waals surface area contributed by atoms with Gasteiger partial charge in [0, 0.05) is 11.8 Å². The summed E-state index contributed by atoms with van der Waals surface area (Å²) in [6.07, 6.45) is 1.68. The molecule has 0 spiro atoms. The van der Waals surface area contributed by atoms with Crippen LogP contribution in [0.4, 0.5) is 0 Å². The molecule has 0 amide bonds. The SMILES string of the molecule is C[Si](C)(C)C=C1NC(c2ccccc2)=CC1=O. The first kappa shape index (κ1) is 11.9. The van der Waals surface area contributed by atoms with Crippen molar-refractivity contribution in [3.05, 3.63) is 53.4 Å². The molecule has 0 saturated carbocycles. The van der Waals surface area contributed by atoms with Crippen LogP contribution in [0.3, 0.4) is 0 Å². The van der Waals surface area contributed by atoms with E-state index in [9.17, 15) is 4.79 Å². The van der Waals surface area contributed by atoms with Gasteiger partial charge >= 0.3 is 0 Å². The molecule has 88 valence electrons. The zero-order valence-corrected chi connectivity index (χ0v) is 11.4. The predicted octanol–water partition coefficient (Wildman–Crippen LogP) is 2.96. The summed E-state index contributed by atoms with van der Waals surface area (Å²) in [6.45, 7) is 6.65. The van der Waals surface area contributed by atoms with Crippen molar-refractivity contribution in [2.24, 2.45) is 0 Å². The minimum absolute atomic E-state index is 0.0891. The molecule has 3 heteroatoms. The maximum absolute atomic E-state index is 11.9. The van der Waals surface area contributed by atoms with Gasteiger partial charge in [-0.1, -0.05) is 55.7 Å². The highest BCUT2D eigenvalue weighted by Gasteiger charge is 2.21. The molecule has 2 nitrogen and oxygen atoms in total. The van der Waals surface area contributed by atoms with Crippen molar-refractivity contribution in [2.45, 2.75) is 19.6 Å². The first-order valence-corrected chi connectivity index (χ1v) is 9.35. The van der Waals surface area contributed by atoms with E-state index in [0.29, 0.717) is 0 Å². The lowest BCUT2D eigenvalue weighted by Crippen LogP contribution is -2.21. The summed E-state index contributed by atoms with van der Waals surface area (Å²) in [5.41, 5.74) is 4.81. The molecule has 1 N–H and O–H groups in total. The van der Waals surface area contributed by atoms with Crippen molar-refractivity contribution >= 4 is 19.6 Å². The Bertz CT molecular complexity index is 495. The molecule has 1 aromatic rings. The Morgan fingerprint density at radius 2 is 1.76 bits per heavy atom. The molecule has 0 unspecified atom stereocenters. The highest BCUT2D eigenvalue weighted by atomic mass is 28.3. The Morgan fingerprint density at radius 3 is 2.35 bits per heavy atom. The second kappa shape index (κ2) is 4.34. The Hall–Kier alpha value is -1.61. The summed E-state index contributed by atoms with van der Waals surface area (Å²) in [7, 11) is -1.37. The van der Waals surface area contributed by atoms with Gasteiger partial charge < -0.3 is 5.32 Å². The third-order valence-corrected chi connectivity index (χ3v) is 3.63. The molecule has 1 aliphatic heterocycles. The summed E-state index contributed by atoms with van der Waals surface area (Å²) < 4.78 is 0. The molecule has 0 aromatic heterocycles. The van der Waals surface area contributed by atoms with E-state index in [-0.39, 0.29) is 5.78 Å². The monoisotopic (exact) mass is 243 g/mol. The maximum atomic E-state index is 11.9. The van der Waals surface area contributed by atoms with Crippen LogP contribution in [0.1, 0.15) is 5.56 Å². The summed E-state index contributed by atoms with van der Waals surface area (Å²) in [6, 6.07) is 9.93. The topological polar surface area (TPSA) is 29.1 Å². The molecular weight excluding hydrogens is 226 g/mol. The van der Waals surface area contributed by atoms with Gasteiger partial charge in [-0.25, -0.2) is 0 Å². The highest BCUT2D eigenvalue weighted by Crippen LogP contribution is 2.20. The third kappa shape index (κ3) is 2.94. The molecule has 0 bridgehead atoms. The van der Waals surface area contributed by atoms with Gasteiger partial charge in [-0.2, -0.15) is 0 Å². The lowest BCUT2D eigenvalue weighted by atomic mass is 10.1. The average molecular weight is 243 g/mol. The van der Waals surface area contributed by atoms with E-state index in [2.05, 4.69) is 30.7 Å². The van der Waals surface area contributed by atoms with Gasteiger partial charge in [0.05, 0.1) is 13.8 Å². The largest absolute Gasteiger partial charge is 0.352 e. The molecule has 2 rings (SSSR count). The number of carbonyl (C=O) groups is 1. The normalized spacial score (nSPS) is 18.2. The lowest BCUT2D eigenvalue weighted by molar-refractivity contribution is -0.111. The molecule has 0 fully saturated rings. The van der Waals surface area contributed by atoms with Crippen LogP contribution >= 0.6 is 0 Å². The van der Waals surface area contributed by atoms with Gasteiger partial charge in [0.15, 0.2) is 0 Å². The Labute approximate surface area is 103 Å². The van der Waals surface area contributed by atoms with Crippen molar-refractivity contribution in [1.29, 1.82) is 0 Å². The number of nitrogens with one attached hydrogen (secondary N) is 1. The van der Waals surface area contributed by atoms with Gasteiger partial charge in [0.25, 0.3) is 0 Å². The Morgan fingerprint density at radius 1 is 1.12 bits per heavy atom. The van der Waals surface area contributed by atoms with Gasteiger partial charge in [0.2, 0.25) is 5.78 Å². The number of rotatable bonds is 2. The number of ketones is 1. The Balaban J connectivity index is 2.25. The van der Waals surface area contributed by atoms with E-state index in [4.69, 9.17) is 0 Å². The number of benzene rings is 1. The number of allylic oxidation sites excluding steroid dienone is 1. The van der Waals surface area contributed by atoms with Crippen LogP contribution in [0.2, 0.25) is 19.6 Å². The van der Waals surface area contributed by atoms with Crippen LogP contribution in [0.5, 0.6) is 0 Å².